The molecule has 116 valence electrons. The van der Waals surface area contributed by atoms with Crippen molar-refractivity contribution in [3.05, 3.63) is 23.9 Å². The molecule has 3 rings (SSSR count). The summed E-state index contributed by atoms with van der Waals surface area (Å²) in [4.78, 5) is 6.78. The molecule has 5 heteroatoms. The van der Waals surface area contributed by atoms with Gasteiger partial charge in [0.1, 0.15) is 0 Å². The fourth-order valence-corrected chi connectivity index (χ4v) is 3.53. The Bertz CT molecular complexity index is 469. The largest absolute Gasteiger partial charge is 0.481 e. The van der Waals surface area contributed by atoms with E-state index in [4.69, 9.17) is 14.2 Å². The van der Waals surface area contributed by atoms with Crippen molar-refractivity contribution in [3.63, 3.8) is 0 Å². The normalized spacial score (nSPS) is 29.3. The van der Waals surface area contributed by atoms with Crippen molar-refractivity contribution in [1.82, 2.24) is 9.88 Å². The fourth-order valence-electron chi connectivity index (χ4n) is 3.53. The molecule has 2 heterocycles. The number of hydrogen-bond acceptors (Lipinski definition) is 5. The molecule has 0 radical (unpaired) electrons. The van der Waals surface area contributed by atoms with Gasteiger partial charge in [0, 0.05) is 37.5 Å². The van der Waals surface area contributed by atoms with Crippen LogP contribution in [0.1, 0.15) is 25.3 Å². The minimum atomic E-state index is 0.210. The van der Waals surface area contributed by atoms with Crippen LogP contribution in [0, 0.1) is 0 Å². The highest BCUT2D eigenvalue weighted by Gasteiger charge is 2.43. The maximum absolute atomic E-state index is 5.98. The van der Waals surface area contributed by atoms with Crippen LogP contribution in [0.2, 0.25) is 0 Å². The zero-order valence-electron chi connectivity index (χ0n) is 12.8. The Hall–Kier alpha value is -1.17. The molecule has 3 atom stereocenters. The lowest BCUT2D eigenvalue weighted by molar-refractivity contribution is -0.113. The SMILES string of the molecule is CCO[C@H]1CC[C@H]2[C@H]1OCCN2Cc1cccnc1OC. The number of fused-ring (bicyclic) bond motifs is 1. The lowest BCUT2D eigenvalue weighted by Gasteiger charge is -2.39. The second kappa shape index (κ2) is 6.73. The molecule has 0 bridgehead atoms. The number of morpholine rings is 1. The van der Waals surface area contributed by atoms with Gasteiger partial charge in [-0.25, -0.2) is 4.98 Å². The first kappa shape index (κ1) is 14.8. The van der Waals surface area contributed by atoms with Crippen LogP contribution < -0.4 is 4.74 Å². The minimum Gasteiger partial charge on any atom is -0.481 e. The van der Waals surface area contributed by atoms with Crippen LogP contribution in [-0.2, 0) is 16.0 Å². The summed E-state index contributed by atoms with van der Waals surface area (Å²) in [5.41, 5.74) is 1.14. The first-order valence-electron chi connectivity index (χ1n) is 7.78. The molecule has 0 amide bonds. The molecule has 1 aliphatic heterocycles. The van der Waals surface area contributed by atoms with Crippen molar-refractivity contribution in [1.29, 1.82) is 0 Å². The molecule has 0 aromatic carbocycles. The van der Waals surface area contributed by atoms with Gasteiger partial charge in [-0.2, -0.15) is 0 Å². The van der Waals surface area contributed by atoms with Crippen LogP contribution in [-0.4, -0.2) is 55.0 Å². The highest BCUT2D eigenvalue weighted by Crippen LogP contribution is 2.33. The van der Waals surface area contributed by atoms with Gasteiger partial charge in [-0.15, -0.1) is 0 Å². The van der Waals surface area contributed by atoms with Gasteiger partial charge < -0.3 is 14.2 Å². The molecule has 0 N–H and O–H groups in total. The third-order valence-corrected chi connectivity index (χ3v) is 4.45. The number of aromatic nitrogens is 1. The van der Waals surface area contributed by atoms with E-state index in [0.29, 0.717) is 6.04 Å². The summed E-state index contributed by atoms with van der Waals surface area (Å²) in [6.45, 7) is 5.40. The smallest absolute Gasteiger partial charge is 0.217 e. The van der Waals surface area contributed by atoms with Gasteiger partial charge in [-0.05, 0) is 25.8 Å². The van der Waals surface area contributed by atoms with E-state index in [-0.39, 0.29) is 12.2 Å². The van der Waals surface area contributed by atoms with Crippen LogP contribution in [0.15, 0.2) is 18.3 Å². The van der Waals surface area contributed by atoms with E-state index in [1.54, 1.807) is 13.3 Å². The zero-order chi connectivity index (χ0) is 14.7. The molecule has 0 unspecified atom stereocenters. The van der Waals surface area contributed by atoms with E-state index in [9.17, 15) is 0 Å². The Morgan fingerprint density at radius 1 is 1.43 bits per heavy atom. The molecule has 2 fully saturated rings. The van der Waals surface area contributed by atoms with E-state index < -0.39 is 0 Å². The predicted octanol–water partition coefficient (Wildman–Crippen LogP) is 1.86. The van der Waals surface area contributed by atoms with Crippen LogP contribution in [0.3, 0.4) is 0 Å². The first-order valence-corrected chi connectivity index (χ1v) is 7.78. The van der Waals surface area contributed by atoms with Crippen molar-refractivity contribution >= 4 is 0 Å². The molecule has 21 heavy (non-hydrogen) atoms. The summed E-state index contributed by atoms with van der Waals surface area (Å²) in [6, 6.07) is 4.50. The molecule has 2 aliphatic rings. The number of nitrogens with zero attached hydrogens (tertiary/aromatic N) is 2. The molecule has 1 saturated heterocycles. The van der Waals surface area contributed by atoms with Crippen LogP contribution in [0.5, 0.6) is 5.88 Å². The van der Waals surface area contributed by atoms with E-state index in [2.05, 4.69) is 22.9 Å². The maximum atomic E-state index is 5.98. The molecular weight excluding hydrogens is 268 g/mol. The summed E-state index contributed by atoms with van der Waals surface area (Å²) in [7, 11) is 1.68. The third-order valence-electron chi connectivity index (χ3n) is 4.45. The Morgan fingerprint density at radius 2 is 2.33 bits per heavy atom. The van der Waals surface area contributed by atoms with Gasteiger partial charge in [0.15, 0.2) is 0 Å². The van der Waals surface area contributed by atoms with Gasteiger partial charge in [0.05, 0.1) is 25.9 Å². The second-order valence-corrected chi connectivity index (χ2v) is 5.62. The summed E-state index contributed by atoms with van der Waals surface area (Å²) in [5.74, 6) is 0.722. The number of ether oxygens (including phenoxy) is 3. The monoisotopic (exact) mass is 292 g/mol. The Balaban J connectivity index is 1.71. The lowest BCUT2D eigenvalue weighted by atomic mass is 10.1. The molecule has 0 spiro atoms. The summed E-state index contributed by atoms with van der Waals surface area (Å²) in [5, 5.41) is 0. The Labute approximate surface area is 126 Å². The van der Waals surface area contributed by atoms with Crippen molar-refractivity contribution in [2.45, 2.75) is 44.6 Å². The first-order chi connectivity index (χ1) is 10.3. The van der Waals surface area contributed by atoms with Crippen LogP contribution in [0.25, 0.3) is 0 Å². The van der Waals surface area contributed by atoms with Gasteiger partial charge in [-0.3, -0.25) is 4.90 Å². The minimum absolute atomic E-state index is 0.210. The van der Waals surface area contributed by atoms with Crippen molar-refractivity contribution in [2.75, 3.05) is 26.9 Å². The van der Waals surface area contributed by atoms with E-state index in [1.807, 2.05) is 6.07 Å². The van der Waals surface area contributed by atoms with Crippen LogP contribution >= 0.6 is 0 Å². The van der Waals surface area contributed by atoms with Crippen molar-refractivity contribution in [2.24, 2.45) is 0 Å². The predicted molar refractivity (Wildman–Crippen MR) is 79.4 cm³/mol. The van der Waals surface area contributed by atoms with E-state index >= 15 is 0 Å². The highest BCUT2D eigenvalue weighted by molar-refractivity contribution is 5.25. The second-order valence-electron chi connectivity index (χ2n) is 5.62. The quantitative estimate of drug-likeness (QED) is 0.829. The van der Waals surface area contributed by atoms with Crippen LogP contribution in [0.4, 0.5) is 0 Å². The number of methoxy groups -OCH3 is 1. The van der Waals surface area contributed by atoms with Crippen molar-refractivity contribution in [3.8, 4) is 5.88 Å². The molecule has 1 saturated carbocycles. The number of hydrogen-bond donors (Lipinski definition) is 0. The average Bonchev–Trinajstić information content (AvgIpc) is 2.93. The Kier molecular flexibility index (Phi) is 4.73. The molecule has 1 aromatic rings. The average molecular weight is 292 g/mol. The topological polar surface area (TPSA) is 43.8 Å². The maximum Gasteiger partial charge on any atom is 0.217 e. The molecule has 5 nitrogen and oxygen atoms in total. The molecular formula is C16H24N2O3. The lowest BCUT2D eigenvalue weighted by Crippen LogP contribution is -2.51. The fraction of sp³-hybridized carbons (Fsp3) is 0.688. The summed E-state index contributed by atoms with van der Waals surface area (Å²) >= 11 is 0. The number of rotatable bonds is 5. The van der Waals surface area contributed by atoms with Gasteiger partial charge in [0.2, 0.25) is 5.88 Å². The summed E-state index contributed by atoms with van der Waals surface area (Å²) in [6.07, 6.45) is 4.45. The van der Waals surface area contributed by atoms with E-state index in [1.165, 1.54) is 0 Å². The molecule has 1 aromatic heterocycles. The van der Waals surface area contributed by atoms with Crippen molar-refractivity contribution < 1.29 is 14.2 Å². The van der Waals surface area contributed by atoms with Gasteiger partial charge in [0.25, 0.3) is 0 Å². The zero-order valence-corrected chi connectivity index (χ0v) is 12.8. The summed E-state index contributed by atoms with van der Waals surface area (Å²) < 4.78 is 17.2. The molecule has 1 aliphatic carbocycles. The van der Waals surface area contributed by atoms with E-state index in [0.717, 1.165) is 50.6 Å². The highest BCUT2D eigenvalue weighted by atomic mass is 16.5. The standard InChI is InChI=1S/C16H24N2O3/c1-3-20-14-7-6-13-15(14)21-10-9-18(13)11-12-5-4-8-17-16(12)19-2/h4-5,8,13-15H,3,6-7,9-11H2,1-2H3/t13-,14-,15+/m0/s1. The van der Waals surface area contributed by atoms with Gasteiger partial charge >= 0.3 is 0 Å². The number of pyridine rings is 1. The van der Waals surface area contributed by atoms with Gasteiger partial charge in [-0.1, -0.05) is 6.07 Å². The third kappa shape index (κ3) is 3.05. The Morgan fingerprint density at radius 3 is 3.14 bits per heavy atom.